The highest BCUT2D eigenvalue weighted by molar-refractivity contribution is 9.10. The number of rotatable bonds is 5. The Kier molecular flexibility index (Phi) is 5.30. The molecule has 0 spiro atoms. The minimum Gasteiger partial charge on any atom is -0.375 e. The van der Waals surface area contributed by atoms with Crippen molar-refractivity contribution >= 4 is 44.9 Å². The van der Waals surface area contributed by atoms with Gasteiger partial charge in [-0.05, 0) is 35.9 Å². The summed E-state index contributed by atoms with van der Waals surface area (Å²) in [5.74, 6) is -0.909. The lowest BCUT2D eigenvalue weighted by atomic mass is 9.88. The van der Waals surface area contributed by atoms with E-state index in [4.69, 9.17) is 11.6 Å². The number of fused-ring (bicyclic) bond motifs is 1. The topological polar surface area (TPSA) is 57.6 Å². The number of anilines is 1. The molecule has 0 bridgehead atoms. The molecule has 1 heterocycles. The molecule has 1 N–H and O–H groups in total. The standard InChI is InChI=1S/C23H17BrClNO3/c24-16-10-11-20-18(12-16)23(29,13-21(27)17-8-4-5-9-19(17)25)22(28)26(20)14-15-6-2-1-3-7-15/h1-12,29H,13-14H2. The van der Waals surface area contributed by atoms with Crippen molar-refractivity contribution in [2.24, 2.45) is 0 Å². The molecule has 1 unspecified atom stereocenters. The summed E-state index contributed by atoms with van der Waals surface area (Å²) in [5, 5.41) is 11.7. The molecule has 3 aromatic carbocycles. The monoisotopic (exact) mass is 469 g/mol. The second kappa shape index (κ2) is 7.75. The van der Waals surface area contributed by atoms with Crippen molar-refractivity contribution in [3.8, 4) is 0 Å². The fourth-order valence-corrected chi connectivity index (χ4v) is 4.23. The Bertz CT molecular complexity index is 1100. The van der Waals surface area contributed by atoms with E-state index in [-0.39, 0.29) is 17.8 Å². The second-order valence-corrected chi connectivity index (χ2v) is 8.30. The summed E-state index contributed by atoms with van der Waals surface area (Å²) in [7, 11) is 0. The van der Waals surface area contributed by atoms with Crippen molar-refractivity contribution < 1.29 is 14.7 Å². The van der Waals surface area contributed by atoms with E-state index in [1.165, 1.54) is 4.90 Å². The van der Waals surface area contributed by atoms with Crippen LogP contribution in [0, 0.1) is 0 Å². The number of amides is 1. The minimum atomic E-state index is -1.95. The predicted molar refractivity (Wildman–Crippen MR) is 116 cm³/mol. The highest BCUT2D eigenvalue weighted by atomic mass is 79.9. The van der Waals surface area contributed by atoms with Gasteiger partial charge in [-0.2, -0.15) is 0 Å². The zero-order valence-electron chi connectivity index (χ0n) is 15.3. The molecule has 3 aromatic rings. The van der Waals surface area contributed by atoms with Gasteiger partial charge in [0, 0.05) is 15.6 Å². The molecule has 0 saturated carbocycles. The molecule has 0 saturated heterocycles. The van der Waals surface area contributed by atoms with Gasteiger partial charge in [0.05, 0.1) is 23.7 Å². The summed E-state index contributed by atoms with van der Waals surface area (Å²) < 4.78 is 0.717. The van der Waals surface area contributed by atoms with Crippen molar-refractivity contribution in [2.45, 2.75) is 18.6 Å². The average Bonchev–Trinajstić information content (AvgIpc) is 2.90. The van der Waals surface area contributed by atoms with Crippen LogP contribution in [-0.2, 0) is 16.9 Å². The SMILES string of the molecule is O=C(CC1(O)C(=O)N(Cc2ccccc2)c2ccc(Br)cc21)c1ccccc1Cl. The van der Waals surface area contributed by atoms with Crippen LogP contribution in [0.1, 0.15) is 27.9 Å². The molecule has 6 heteroatoms. The third kappa shape index (κ3) is 3.62. The van der Waals surface area contributed by atoms with Crippen LogP contribution in [0.2, 0.25) is 5.02 Å². The molecule has 4 rings (SSSR count). The largest absolute Gasteiger partial charge is 0.375 e. The highest BCUT2D eigenvalue weighted by Crippen LogP contribution is 2.45. The zero-order chi connectivity index (χ0) is 20.6. The number of halogens is 2. The Morgan fingerprint density at radius 1 is 1.03 bits per heavy atom. The second-order valence-electron chi connectivity index (χ2n) is 6.98. The minimum absolute atomic E-state index is 0.286. The van der Waals surface area contributed by atoms with E-state index in [1.54, 1.807) is 36.4 Å². The maximum atomic E-state index is 13.3. The van der Waals surface area contributed by atoms with Crippen LogP contribution in [0.25, 0.3) is 0 Å². The van der Waals surface area contributed by atoms with E-state index in [9.17, 15) is 14.7 Å². The Labute approximate surface area is 181 Å². The first-order valence-corrected chi connectivity index (χ1v) is 10.2. The molecule has 1 atom stereocenters. The molecule has 29 heavy (non-hydrogen) atoms. The number of benzene rings is 3. The maximum Gasteiger partial charge on any atom is 0.264 e. The van der Waals surface area contributed by atoms with Gasteiger partial charge in [0.2, 0.25) is 0 Å². The molecule has 1 aliphatic rings. The van der Waals surface area contributed by atoms with E-state index < -0.39 is 11.5 Å². The van der Waals surface area contributed by atoms with Crippen LogP contribution in [-0.4, -0.2) is 16.8 Å². The number of Topliss-reactive ketones (excluding diaryl/α,β-unsaturated/α-hetero) is 1. The summed E-state index contributed by atoms with van der Waals surface area (Å²) in [4.78, 5) is 27.8. The van der Waals surface area contributed by atoms with Gasteiger partial charge in [-0.3, -0.25) is 9.59 Å². The summed E-state index contributed by atoms with van der Waals surface area (Å²) in [6.45, 7) is 0.302. The number of hydrogen-bond donors (Lipinski definition) is 1. The lowest BCUT2D eigenvalue weighted by Crippen LogP contribution is -2.41. The third-order valence-electron chi connectivity index (χ3n) is 5.07. The van der Waals surface area contributed by atoms with Gasteiger partial charge in [-0.15, -0.1) is 0 Å². The molecule has 0 aliphatic carbocycles. The van der Waals surface area contributed by atoms with Gasteiger partial charge in [0.15, 0.2) is 11.4 Å². The van der Waals surface area contributed by atoms with Crippen LogP contribution in [0.5, 0.6) is 0 Å². The van der Waals surface area contributed by atoms with Crippen molar-refractivity contribution in [1.82, 2.24) is 0 Å². The van der Waals surface area contributed by atoms with Crippen molar-refractivity contribution in [2.75, 3.05) is 4.90 Å². The van der Waals surface area contributed by atoms with E-state index in [2.05, 4.69) is 15.9 Å². The number of nitrogens with zero attached hydrogens (tertiary/aromatic N) is 1. The van der Waals surface area contributed by atoms with Gasteiger partial charge < -0.3 is 10.0 Å². The molecular formula is C23H17BrClNO3. The number of hydrogen-bond acceptors (Lipinski definition) is 3. The summed E-state index contributed by atoms with van der Waals surface area (Å²) in [6, 6.07) is 21.4. The van der Waals surface area contributed by atoms with Crippen LogP contribution >= 0.6 is 27.5 Å². The van der Waals surface area contributed by atoms with Crippen LogP contribution in [0.4, 0.5) is 5.69 Å². The van der Waals surface area contributed by atoms with E-state index >= 15 is 0 Å². The Balaban J connectivity index is 1.73. The summed E-state index contributed by atoms with van der Waals surface area (Å²) in [6.07, 6.45) is -0.385. The molecule has 0 aromatic heterocycles. The fourth-order valence-electron chi connectivity index (χ4n) is 3.63. The Morgan fingerprint density at radius 2 is 1.72 bits per heavy atom. The van der Waals surface area contributed by atoms with Gasteiger partial charge in [-0.25, -0.2) is 0 Å². The average molecular weight is 471 g/mol. The Morgan fingerprint density at radius 3 is 2.45 bits per heavy atom. The van der Waals surface area contributed by atoms with Crippen molar-refractivity contribution in [3.05, 3.63) is 99.0 Å². The van der Waals surface area contributed by atoms with Gasteiger partial charge in [0.25, 0.3) is 5.91 Å². The number of ketones is 1. The fraction of sp³-hybridized carbons (Fsp3) is 0.130. The quantitative estimate of drug-likeness (QED) is 0.527. The van der Waals surface area contributed by atoms with Crippen LogP contribution in [0.3, 0.4) is 0 Å². The molecular weight excluding hydrogens is 454 g/mol. The van der Waals surface area contributed by atoms with Gasteiger partial charge in [-0.1, -0.05) is 70.0 Å². The summed E-state index contributed by atoms with van der Waals surface area (Å²) in [5.41, 5.74) is 0.263. The maximum absolute atomic E-state index is 13.3. The van der Waals surface area contributed by atoms with Crippen molar-refractivity contribution in [1.29, 1.82) is 0 Å². The predicted octanol–water partition coefficient (Wildman–Crippen LogP) is 5.11. The normalized spacial score (nSPS) is 18.0. The highest BCUT2D eigenvalue weighted by Gasteiger charge is 2.51. The molecule has 4 nitrogen and oxygen atoms in total. The first-order chi connectivity index (χ1) is 13.9. The lowest BCUT2D eigenvalue weighted by Gasteiger charge is -2.23. The first-order valence-electron chi connectivity index (χ1n) is 9.06. The number of carbonyl (C=O) groups is 2. The van der Waals surface area contributed by atoms with Gasteiger partial charge >= 0.3 is 0 Å². The van der Waals surface area contributed by atoms with Crippen LogP contribution < -0.4 is 4.90 Å². The lowest BCUT2D eigenvalue weighted by molar-refractivity contribution is -0.136. The van der Waals surface area contributed by atoms with Crippen molar-refractivity contribution in [3.63, 3.8) is 0 Å². The summed E-state index contributed by atoms with van der Waals surface area (Å²) >= 11 is 9.54. The molecule has 0 fully saturated rings. The molecule has 1 amide bonds. The van der Waals surface area contributed by atoms with E-state index in [0.717, 1.165) is 5.56 Å². The Hall–Kier alpha value is -2.47. The third-order valence-corrected chi connectivity index (χ3v) is 5.89. The first kappa shape index (κ1) is 19.8. The number of aliphatic hydroxyl groups is 1. The zero-order valence-corrected chi connectivity index (χ0v) is 17.7. The van der Waals surface area contributed by atoms with Crippen LogP contribution in [0.15, 0.2) is 77.3 Å². The van der Waals surface area contributed by atoms with E-state index in [0.29, 0.717) is 27.3 Å². The van der Waals surface area contributed by atoms with Gasteiger partial charge in [0.1, 0.15) is 0 Å². The van der Waals surface area contributed by atoms with E-state index in [1.807, 2.05) is 36.4 Å². The number of carbonyl (C=O) groups excluding carboxylic acids is 2. The molecule has 1 aliphatic heterocycles. The molecule has 146 valence electrons. The molecule has 0 radical (unpaired) electrons. The smallest absolute Gasteiger partial charge is 0.264 e.